The molecule has 1 atom stereocenters. The van der Waals surface area contributed by atoms with Crippen LogP contribution >= 0.6 is 90.4 Å². The van der Waals surface area contributed by atoms with E-state index in [1.807, 2.05) is 59.0 Å². The number of ether oxygens (including phenoxy) is 2. The first-order valence-electron chi connectivity index (χ1n) is 10.8. The quantitative estimate of drug-likeness (QED) is 0.0687. The number of nitrogens with one attached hydrogen (secondary N) is 1. The van der Waals surface area contributed by atoms with E-state index in [0.29, 0.717) is 7.14 Å². The molecular formula is C23H19I4N3O8. The molecule has 11 nitrogen and oxygen atoms in total. The van der Waals surface area contributed by atoms with Crippen molar-refractivity contribution in [1.29, 1.82) is 0 Å². The molecule has 0 fully saturated rings. The van der Waals surface area contributed by atoms with Crippen LogP contribution in [0.3, 0.4) is 0 Å². The van der Waals surface area contributed by atoms with Crippen LogP contribution in [0.1, 0.15) is 41.0 Å². The molecule has 1 aliphatic heterocycles. The topological polar surface area (TPSA) is 145 Å². The van der Waals surface area contributed by atoms with Gasteiger partial charge in [0.2, 0.25) is 0 Å². The summed E-state index contributed by atoms with van der Waals surface area (Å²) in [6, 6.07) is 2.62. The number of fused-ring (bicyclic) bond motifs is 1. The van der Waals surface area contributed by atoms with Crippen molar-refractivity contribution in [2.24, 2.45) is 5.92 Å². The number of halogens is 4. The number of esters is 1. The van der Waals surface area contributed by atoms with Gasteiger partial charge in [-0.05, 0) is 115 Å². The van der Waals surface area contributed by atoms with E-state index in [-0.39, 0.29) is 34.9 Å². The van der Waals surface area contributed by atoms with Crippen LogP contribution in [0.5, 0.6) is 5.75 Å². The molecule has 3 amide bonds. The lowest BCUT2D eigenvalue weighted by Crippen LogP contribution is -2.47. The number of imide groups is 1. The maximum Gasteiger partial charge on any atom is 0.329 e. The third kappa shape index (κ3) is 6.34. The molecule has 0 saturated heterocycles. The second kappa shape index (κ2) is 12.9. The highest BCUT2D eigenvalue weighted by Crippen LogP contribution is 2.39. The zero-order chi connectivity index (χ0) is 28.5. The molecule has 3 rings (SSSR count). The van der Waals surface area contributed by atoms with Crippen LogP contribution in [0.25, 0.3) is 0 Å². The number of anilines is 1. The number of rotatable bonds is 9. The zero-order valence-electron chi connectivity index (χ0n) is 20.0. The number of amides is 3. The van der Waals surface area contributed by atoms with E-state index < -0.39 is 47.0 Å². The lowest BCUT2D eigenvalue weighted by Gasteiger charge is -2.26. The number of methoxy groups -OCH3 is 1. The summed E-state index contributed by atoms with van der Waals surface area (Å²) in [4.78, 5) is 64.1. The van der Waals surface area contributed by atoms with Crippen molar-refractivity contribution in [1.82, 2.24) is 4.90 Å². The second-order valence-corrected chi connectivity index (χ2v) is 12.7. The molecule has 0 bridgehead atoms. The standard InChI is InChI=1S/C23H19I4N3O8/c1-9(2)6-13(29-21(32)15-16(22(29)33)18(25)20(27)19(26)17(15)24)23(34)38-8-14(31)28-11-5-4-10(37-3)7-12(11)30(35)36/h4-5,7,9,13H,6,8H2,1-3H3,(H,28,31). The Morgan fingerprint density at radius 2 is 1.58 bits per heavy atom. The number of hydrogen-bond acceptors (Lipinski definition) is 8. The monoisotopic (exact) mass is 973 g/mol. The van der Waals surface area contributed by atoms with Crippen molar-refractivity contribution >= 4 is 125 Å². The summed E-state index contributed by atoms with van der Waals surface area (Å²) < 4.78 is 13.1. The van der Waals surface area contributed by atoms with Crippen LogP contribution in [-0.2, 0) is 14.3 Å². The van der Waals surface area contributed by atoms with Gasteiger partial charge in [0.1, 0.15) is 17.5 Å². The van der Waals surface area contributed by atoms with Crippen molar-refractivity contribution in [2.75, 3.05) is 19.0 Å². The van der Waals surface area contributed by atoms with Gasteiger partial charge in [0.25, 0.3) is 23.4 Å². The molecule has 202 valence electrons. The fraction of sp³-hybridized carbons (Fsp3) is 0.304. The Kier molecular flexibility index (Phi) is 10.6. The Morgan fingerprint density at radius 1 is 1.03 bits per heavy atom. The van der Waals surface area contributed by atoms with Gasteiger partial charge >= 0.3 is 5.97 Å². The molecule has 0 spiro atoms. The number of hydrogen-bond donors (Lipinski definition) is 1. The Morgan fingerprint density at radius 3 is 2.05 bits per heavy atom. The minimum atomic E-state index is -1.26. The minimum absolute atomic E-state index is 0.0916. The van der Waals surface area contributed by atoms with Crippen molar-refractivity contribution < 1.29 is 33.6 Å². The number of benzene rings is 2. The van der Waals surface area contributed by atoms with Gasteiger partial charge in [-0.25, -0.2) is 4.79 Å². The van der Waals surface area contributed by atoms with Crippen molar-refractivity contribution in [2.45, 2.75) is 26.3 Å². The lowest BCUT2D eigenvalue weighted by atomic mass is 10.0. The molecule has 1 N–H and O–H groups in total. The maximum atomic E-state index is 13.4. The highest BCUT2D eigenvalue weighted by Gasteiger charge is 2.47. The highest BCUT2D eigenvalue weighted by molar-refractivity contribution is 14.1. The summed E-state index contributed by atoms with van der Waals surface area (Å²) in [6.07, 6.45) is 0.122. The molecule has 0 aliphatic carbocycles. The predicted octanol–water partition coefficient (Wildman–Crippen LogP) is 5.21. The first kappa shape index (κ1) is 31.2. The van der Waals surface area contributed by atoms with Gasteiger partial charge in [-0.15, -0.1) is 0 Å². The first-order chi connectivity index (χ1) is 17.8. The summed E-state index contributed by atoms with van der Waals surface area (Å²) >= 11 is 8.27. The number of nitro groups is 1. The summed E-state index contributed by atoms with van der Waals surface area (Å²) in [5, 5.41) is 13.7. The molecule has 15 heteroatoms. The number of nitro benzene ring substituents is 1. The average Bonchev–Trinajstić information content (AvgIpc) is 3.12. The van der Waals surface area contributed by atoms with Crippen molar-refractivity contribution in [3.8, 4) is 5.75 Å². The predicted molar refractivity (Wildman–Crippen MR) is 170 cm³/mol. The highest BCUT2D eigenvalue weighted by atomic mass is 127. The SMILES string of the molecule is COc1ccc(NC(=O)COC(=O)C(CC(C)C)N2C(=O)c3c(I)c(I)c(I)c(I)c3C2=O)c([N+](=O)[O-])c1. The summed E-state index contributed by atoms with van der Waals surface area (Å²) in [7, 11) is 1.35. The van der Waals surface area contributed by atoms with Crippen molar-refractivity contribution in [3.05, 3.63) is 53.7 Å². The fourth-order valence-electron chi connectivity index (χ4n) is 3.72. The molecule has 2 aromatic rings. The zero-order valence-corrected chi connectivity index (χ0v) is 28.6. The van der Waals surface area contributed by atoms with Crippen LogP contribution in [-0.4, -0.2) is 53.3 Å². The number of carbonyl (C=O) groups is 4. The summed E-state index contributed by atoms with van der Waals surface area (Å²) in [5.41, 5.74) is -0.0163. The van der Waals surface area contributed by atoms with Gasteiger partial charge in [0.15, 0.2) is 6.61 Å². The van der Waals surface area contributed by atoms with Gasteiger partial charge in [-0.1, -0.05) is 13.8 Å². The molecule has 38 heavy (non-hydrogen) atoms. The molecule has 0 saturated carbocycles. The Bertz CT molecular complexity index is 1320. The molecule has 0 aromatic heterocycles. The second-order valence-electron chi connectivity index (χ2n) is 8.43. The number of nitrogens with zero attached hydrogens (tertiary/aromatic N) is 2. The molecule has 1 unspecified atom stereocenters. The minimum Gasteiger partial charge on any atom is -0.496 e. The van der Waals surface area contributed by atoms with Gasteiger partial charge in [-0.2, -0.15) is 0 Å². The van der Waals surface area contributed by atoms with Crippen LogP contribution < -0.4 is 10.1 Å². The third-order valence-corrected chi connectivity index (χ3v) is 12.8. The van der Waals surface area contributed by atoms with E-state index in [1.54, 1.807) is 0 Å². The van der Waals surface area contributed by atoms with Gasteiger partial charge in [-0.3, -0.25) is 29.4 Å². The van der Waals surface area contributed by atoms with Gasteiger partial charge < -0.3 is 14.8 Å². The molecule has 1 heterocycles. The smallest absolute Gasteiger partial charge is 0.329 e. The molecular weight excluding hydrogens is 954 g/mol. The van der Waals surface area contributed by atoms with E-state index in [4.69, 9.17) is 9.47 Å². The summed E-state index contributed by atoms with van der Waals surface area (Å²) in [6.45, 7) is 2.88. The van der Waals surface area contributed by atoms with Crippen LogP contribution in [0, 0.1) is 30.3 Å². The molecule has 1 aliphatic rings. The Balaban J connectivity index is 1.82. The van der Waals surface area contributed by atoms with E-state index in [9.17, 15) is 29.3 Å². The van der Waals surface area contributed by atoms with Crippen LogP contribution in [0.2, 0.25) is 0 Å². The van der Waals surface area contributed by atoms with Crippen molar-refractivity contribution in [3.63, 3.8) is 0 Å². The van der Waals surface area contributed by atoms with E-state index >= 15 is 0 Å². The van der Waals surface area contributed by atoms with E-state index in [0.717, 1.165) is 18.1 Å². The fourth-order valence-corrected chi connectivity index (χ4v) is 7.37. The van der Waals surface area contributed by atoms with E-state index in [2.05, 4.69) is 50.5 Å². The largest absolute Gasteiger partial charge is 0.496 e. The molecule has 2 aromatic carbocycles. The summed E-state index contributed by atoms with van der Waals surface area (Å²) in [5.74, 6) is -2.81. The van der Waals surface area contributed by atoms with Gasteiger partial charge in [0, 0.05) is 14.3 Å². The molecule has 0 radical (unpaired) electrons. The first-order valence-corrected chi connectivity index (χ1v) is 15.1. The van der Waals surface area contributed by atoms with Gasteiger partial charge in [0.05, 0.1) is 29.2 Å². The third-order valence-electron chi connectivity index (χ3n) is 5.43. The van der Waals surface area contributed by atoms with E-state index in [1.165, 1.54) is 19.2 Å². The lowest BCUT2D eigenvalue weighted by molar-refractivity contribution is -0.384. The van der Waals surface area contributed by atoms with Crippen LogP contribution in [0.4, 0.5) is 11.4 Å². The normalized spacial score (nSPS) is 13.4. The Hall–Kier alpha value is -1.36. The number of carbonyl (C=O) groups excluding carboxylic acids is 4. The van der Waals surface area contributed by atoms with Crippen LogP contribution in [0.15, 0.2) is 18.2 Å². The average molecular weight is 973 g/mol. The maximum absolute atomic E-state index is 13.4. The Labute approximate surface area is 271 Å².